The SMILES string of the molecule is CCCCCCCCC(CCCCCCCC)(C(=O)O)C(=O)O.Oc1ccc2cc1C2. The molecule has 1 aromatic carbocycles. The quantitative estimate of drug-likeness (QED) is 0.196. The Hall–Kier alpha value is -2.04. The van der Waals surface area contributed by atoms with Crippen LogP contribution in [-0.4, -0.2) is 27.3 Å². The molecule has 0 saturated carbocycles. The number of fused-ring (bicyclic) bond motifs is 2. The number of aliphatic carboxylic acids is 2. The lowest BCUT2D eigenvalue weighted by molar-refractivity contribution is -0.166. The van der Waals surface area contributed by atoms with E-state index >= 15 is 0 Å². The van der Waals surface area contributed by atoms with E-state index in [1.807, 2.05) is 12.1 Å². The van der Waals surface area contributed by atoms with Crippen molar-refractivity contribution in [3.8, 4) is 5.75 Å². The molecule has 0 heterocycles. The number of aromatic hydroxyl groups is 1. The van der Waals surface area contributed by atoms with Gasteiger partial charge in [-0.25, -0.2) is 0 Å². The fraction of sp³-hybridized carbons (Fsp3) is 0.692. The zero-order valence-electron chi connectivity index (χ0n) is 19.5. The fourth-order valence-corrected chi connectivity index (χ4v) is 4.04. The molecule has 5 heteroatoms. The van der Waals surface area contributed by atoms with Crippen molar-refractivity contribution in [1.29, 1.82) is 0 Å². The van der Waals surface area contributed by atoms with Crippen molar-refractivity contribution in [2.24, 2.45) is 5.41 Å². The van der Waals surface area contributed by atoms with Gasteiger partial charge in [-0.2, -0.15) is 0 Å². The molecule has 1 aromatic rings. The summed E-state index contributed by atoms with van der Waals surface area (Å²) in [6, 6.07) is 5.70. The van der Waals surface area contributed by atoms with Crippen LogP contribution in [0.15, 0.2) is 18.2 Å². The molecule has 5 nitrogen and oxygen atoms in total. The Bertz CT molecular complexity index is 627. The molecule has 2 bridgehead atoms. The minimum absolute atomic E-state index is 0.263. The zero-order valence-corrected chi connectivity index (χ0v) is 19.5. The molecule has 0 atom stereocenters. The molecule has 0 aromatic heterocycles. The van der Waals surface area contributed by atoms with Crippen LogP contribution in [-0.2, 0) is 16.0 Å². The van der Waals surface area contributed by atoms with Crippen LogP contribution in [0, 0.1) is 5.41 Å². The summed E-state index contributed by atoms with van der Waals surface area (Å²) in [5, 5.41) is 28.0. The highest BCUT2D eigenvalue weighted by Gasteiger charge is 2.45. The third kappa shape index (κ3) is 9.32. The van der Waals surface area contributed by atoms with E-state index in [4.69, 9.17) is 5.11 Å². The largest absolute Gasteiger partial charge is 0.508 e. The minimum Gasteiger partial charge on any atom is -0.508 e. The second-order valence-corrected chi connectivity index (χ2v) is 8.87. The van der Waals surface area contributed by atoms with Crippen LogP contribution in [0.1, 0.15) is 115 Å². The number of carboxylic acid groups (broad SMARTS) is 2. The van der Waals surface area contributed by atoms with E-state index < -0.39 is 17.4 Å². The van der Waals surface area contributed by atoms with E-state index in [9.17, 15) is 19.8 Å². The fourth-order valence-electron chi connectivity index (χ4n) is 4.04. The Balaban J connectivity index is 0.000000487. The van der Waals surface area contributed by atoms with E-state index in [2.05, 4.69) is 13.8 Å². The number of unbranched alkanes of at least 4 members (excludes halogenated alkanes) is 10. The van der Waals surface area contributed by atoms with E-state index in [1.165, 1.54) is 31.2 Å². The highest BCUT2D eigenvalue weighted by Crippen LogP contribution is 2.33. The Morgan fingerprint density at radius 1 is 0.774 bits per heavy atom. The first-order valence-electron chi connectivity index (χ1n) is 12.1. The Labute approximate surface area is 187 Å². The van der Waals surface area contributed by atoms with Gasteiger partial charge < -0.3 is 15.3 Å². The highest BCUT2D eigenvalue weighted by molar-refractivity contribution is 5.98. The standard InChI is InChI=1S/C19H36O4.C7H6O/c1-3-5-7-9-11-13-15-19(17(20)21,18(22)23)16-14-12-10-8-6-4-2;8-7-2-1-5-3-6(7)4-5/h3-16H2,1-2H3,(H,20,21)(H,22,23);1-3,8H,4H2. The first-order chi connectivity index (χ1) is 14.9. The molecule has 2 aliphatic rings. The number of benzene rings is 1. The third-order valence-corrected chi connectivity index (χ3v) is 6.27. The average molecular weight is 435 g/mol. The van der Waals surface area contributed by atoms with Gasteiger partial charge in [0, 0.05) is 6.42 Å². The summed E-state index contributed by atoms with van der Waals surface area (Å²) in [5.74, 6) is -1.88. The molecular formula is C26H42O5. The van der Waals surface area contributed by atoms with E-state index in [0.29, 0.717) is 18.6 Å². The molecule has 2 aliphatic carbocycles. The topological polar surface area (TPSA) is 94.8 Å². The third-order valence-electron chi connectivity index (χ3n) is 6.27. The summed E-state index contributed by atoms with van der Waals surface area (Å²) in [6.45, 7) is 4.31. The summed E-state index contributed by atoms with van der Waals surface area (Å²) in [6.07, 6.45) is 13.9. The molecule has 0 spiro atoms. The summed E-state index contributed by atoms with van der Waals surface area (Å²) in [4.78, 5) is 23.2. The van der Waals surface area contributed by atoms with Gasteiger partial charge in [-0.15, -0.1) is 0 Å². The Morgan fingerprint density at radius 3 is 1.48 bits per heavy atom. The number of phenolic OH excluding ortho intramolecular Hbond substituents is 1. The molecule has 0 amide bonds. The van der Waals surface area contributed by atoms with Crippen molar-refractivity contribution in [2.75, 3.05) is 0 Å². The lowest BCUT2D eigenvalue weighted by Gasteiger charge is -2.25. The zero-order chi connectivity index (χ0) is 23.1. The number of carbonyl (C=O) groups is 2. The summed E-state index contributed by atoms with van der Waals surface area (Å²) >= 11 is 0. The monoisotopic (exact) mass is 434 g/mol. The van der Waals surface area contributed by atoms with Crippen molar-refractivity contribution in [1.82, 2.24) is 0 Å². The Kier molecular flexibility index (Phi) is 13.0. The minimum atomic E-state index is -1.57. The van der Waals surface area contributed by atoms with Crippen LogP contribution in [0.4, 0.5) is 0 Å². The van der Waals surface area contributed by atoms with Crippen LogP contribution in [0.25, 0.3) is 0 Å². The Morgan fingerprint density at radius 2 is 1.19 bits per heavy atom. The van der Waals surface area contributed by atoms with Gasteiger partial charge in [-0.1, -0.05) is 103 Å². The summed E-state index contributed by atoms with van der Waals surface area (Å²) in [5.41, 5.74) is 0.843. The second kappa shape index (κ2) is 14.9. The lowest BCUT2D eigenvalue weighted by atomic mass is 9.78. The maximum absolute atomic E-state index is 11.6. The summed E-state index contributed by atoms with van der Waals surface area (Å²) < 4.78 is 0. The maximum Gasteiger partial charge on any atom is 0.321 e. The highest BCUT2D eigenvalue weighted by atomic mass is 16.4. The molecule has 176 valence electrons. The van der Waals surface area contributed by atoms with Gasteiger partial charge in [0.2, 0.25) is 0 Å². The first-order valence-corrected chi connectivity index (χ1v) is 12.1. The molecule has 0 fully saturated rings. The van der Waals surface area contributed by atoms with Crippen LogP contribution in [0.2, 0.25) is 0 Å². The van der Waals surface area contributed by atoms with Crippen LogP contribution < -0.4 is 0 Å². The van der Waals surface area contributed by atoms with E-state index in [-0.39, 0.29) is 12.8 Å². The molecular weight excluding hydrogens is 392 g/mol. The number of rotatable bonds is 16. The lowest BCUT2D eigenvalue weighted by Crippen LogP contribution is -2.39. The molecule has 0 aliphatic heterocycles. The smallest absolute Gasteiger partial charge is 0.321 e. The van der Waals surface area contributed by atoms with Gasteiger partial charge in [0.15, 0.2) is 5.41 Å². The molecule has 3 rings (SSSR count). The van der Waals surface area contributed by atoms with Gasteiger partial charge in [0.05, 0.1) is 0 Å². The molecule has 0 saturated heterocycles. The van der Waals surface area contributed by atoms with Crippen molar-refractivity contribution in [2.45, 2.75) is 110 Å². The normalized spacial score (nSPS) is 11.9. The average Bonchev–Trinajstić information content (AvgIpc) is 2.71. The van der Waals surface area contributed by atoms with Crippen LogP contribution in [0.3, 0.4) is 0 Å². The summed E-state index contributed by atoms with van der Waals surface area (Å²) in [7, 11) is 0. The maximum atomic E-state index is 11.6. The number of hydrogen-bond donors (Lipinski definition) is 3. The molecule has 0 radical (unpaired) electrons. The van der Waals surface area contributed by atoms with Crippen molar-refractivity contribution >= 4 is 11.9 Å². The second-order valence-electron chi connectivity index (χ2n) is 8.87. The molecule has 0 unspecified atom stereocenters. The van der Waals surface area contributed by atoms with Gasteiger partial charge in [0.25, 0.3) is 0 Å². The number of phenols is 1. The molecule has 31 heavy (non-hydrogen) atoms. The van der Waals surface area contributed by atoms with Crippen molar-refractivity contribution in [3.05, 3.63) is 29.3 Å². The van der Waals surface area contributed by atoms with Gasteiger partial charge in [-0.3, -0.25) is 9.59 Å². The van der Waals surface area contributed by atoms with E-state index in [0.717, 1.165) is 50.5 Å². The van der Waals surface area contributed by atoms with Gasteiger partial charge in [0.1, 0.15) is 5.75 Å². The molecule has 3 N–H and O–H groups in total. The predicted octanol–water partition coefficient (Wildman–Crippen LogP) is 6.94. The van der Waals surface area contributed by atoms with E-state index in [1.54, 1.807) is 6.07 Å². The van der Waals surface area contributed by atoms with Crippen molar-refractivity contribution in [3.63, 3.8) is 0 Å². The number of carboxylic acids is 2. The predicted molar refractivity (Wildman–Crippen MR) is 125 cm³/mol. The number of hydrogen-bond acceptors (Lipinski definition) is 3. The van der Waals surface area contributed by atoms with Crippen molar-refractivity contribution < 1.29 is 24.9 Å². The van der Waals surface area contributed by atoms with Crippen LogP contribution in [0.5, 0.6) is 5.75 Å². The first kappa shape index (κ1) is 27.0. The van der Waals surface area contributed by atoms with Gasteiger partial charge >= 0.3 is 11.9 Å². The van der Waals surface area contributed by atoms with Crippen LogP contribution >= 0.6 is 0 Å². The van der Waals surface area contributed by atoms with Gasteiger partial charge in [-0.05, 0) is 30.0 Å².